The Labute approximate surface area is 116 Å². The van der Waals surface area contributed by atoms with Crippen molar-refractivity contribution in [2.24, 2.45) is 0 Å². The maximum atomic E-state index is 5.37. The molecule has 0 aliphatic carbocycles. The van der Waals surface area contributed by atoms with Crippen molar-refractivity contribution in [2.75, 3.05) is 12.4 Å². The number of ether oxygens (including phenoxy) is 1. The number of hydrogen-bond acceptors (Lipinski definition) is 2. The lowest BCUT2D eigenvalue weighted by Gasteiger charge is -2.12. The van der Waals surface area contributed by atoms with Crippen LogP contribution in [0.3, 0.4) is 0 Å². The van der Waals surface area contributed by atoms with Crippen LogP contribution < -0.4 is 10.1 Å². The average Bonchev–Trinajstić information content (AvgIpc) is 2.38. The third-order valence-electron chi connectivity index (χ3n) is 2.78. The molecule has 2 aromatic rings. The normalized spacial score (nSPS) is 10.2. The molecule has 18 heavy (non-hydrogen) atoms. The summed E-state index contributed by atoms with van der Waals surface area (Å²) in [5.41, 5.74) is 3.48. The number of nitrogens with one attached hydrogen (secondary N) is 1. The van der Waals surface area contributed by atoms with Gasteiger partial charge in [0.1, 0.15) is 5.75 Å². The quantitative estimate of drug-likeness (QED) is 0.905. The molecule has 0 aliphatic heterocycles. The van der Waals surface area contributed by atoms with Crippen LogP contribution >= 0.6 is 15.9 Å². The van der Waals surface area contributed by atoms with Gasteiger partial charge in [0.25, 0.3) is 0 Å². The highest BCUT2D eigenvalue weighted by Crippen LogP contribution is 2.24. The van der Waals surface area contributed by atoms with Gasteiger partial charge in [-0.05, 0) is 41.1 Å². The average molecular weight is 306 g/mol. The van der Waals surface area contributed by atoms with Crippen molar-refractivity contribution in [3.8, 4) is 5.75 Å². The van der Waals surface area contributed by atoms with E-state index in [2.05, 4.69) is 40.3 Å². The summed E-state index contributed by atoms with van der Waals surface area (Å²) in [7, 11) is 1.70. The Hall–Kier alpha value is -1.48. The Morgan fingerprint density at radius 1 is 1.17 bits per heavy atom. The van der Waals surface area contributed by atoms with E-state index in [1.54, 1.807) is 7.11 Å². The Morgan fingerprint density at radius 3 is 2.67 bits per heavy atom. The van der Waals surface area contributed by atoms with Crippen molar-refractivity contribution in [3.05, 3.63) is 58.1 Å². The number of methoxy groups -OCH3 is 1. The predicted octanol–water partition coefficient (Wildman–Crippen LogP) is 4.38. The molecule has 0 aliphatic rings. The maximum absolute atomic E-state index is 5.37. The molecule has 94 valence electrons. The van der Waals surface area contributed by atoms with E-state index >= 15 is 0 Å². The zero-order valence-corrected chi connectivity index (χ0v) is 12.1. The largest absolute Gasteiger partial charge is 0.496 e. The molecule has 0 spiro atoms. The molecule has 0 saturated carbocycles. The minimum atomic E-state index is 0.744. The second kappa shape index (κ2) is 5.91. The molecule has 0 bridgehead atoms. The van der Waals surface area contributed by atoms with E-state index in [0.717, 1.165) is 28.0 Å². The third kappa shape index (κ3) is 3.05. The molecule has 2 rings (SSSR count). The van der Waals surface area contributed by atoms with Crippen molar-refractivity contribution in [2.45, 2.75) is 13.5 Å². The van der Waals surface area contributed by atoms with Crippen molar-refractivity contribution in [3.63, 3.8) is 0 Å². The Balaban J connectivity index is 2.15. The predicted molar refractivity (Wildman–Crippen MR) is 79.2 cm³/mol. The number of anilines is 1. The number of para-hydroxylation sites is 1. The second-order valence-electron chi connectivity index (χ2n) is 4.15. The summed E-state index contributed by atoms with van der Waals surface area (Å²) >= 11 is 3.53. The van der Waals surface area contributed by atoms with Gasteiger partial charge in [0.15, 0.2) is 0 Å². The number of benzene rings is 2. The van der Waals surface area contributed by atoms with E-state index in [4.69, 9.17) is 4.74 Å². The van der Waals surface area contributed by atoms with E-state index in [1.807, 2.05) is 30.3 Å². The summed E-state index contributed by atoms with van der Waals surface area (Å²) in [6, 6.07) is 14.3. The number of halogens is 1. The molecule has 2 aromatic carbocycles. The van der Waals surface area contributed by atoms with Crippen LogP contribution in [0.5, 0.6) is 5.75 Å². The number of rotatable bonds is 4. The van der Waals surface area contributed by atoms with E-state index in [0.29, 0.717) is 0 Å². The first kappa shape index (κ1) is 13.0. The fraction of sp³-hybridized carbons (Fsp3) is 0.200. The highest BCUT2D eigenvalue weighted by atomic mass is 79.9. The smallest absolute Gasteiger partial charge is 0.123 e. The summed E-state index contributed by atoms with van der Waals surface area (Å²) in [4.78, 5) is 0. The summed E-state index contributed by atoms with van der Waals surface area (Å²) in [5.74, 6) is 0.917. The summed E-state index contributed by atoms with van der Waals surface area (Å²) in [5, 5.41) is 3.40. The SMILES string of the molecule is COc1ccc(C)cc1CNc1ccccc1Br. The van der Waals surface area contributed by atoms with Crippen molar-refractivity contribution in [1.29, 1.82) is 0 Å². The van der Waals surface area contributed by atoms with Crippen LogP contribution in [-0.4, -0.2) is 7.11 Å². The van der Waals surface area contributed by atoms with Gasteiger partial charge in [-0.2, -0.15) is 0 Å². The topological polar surface area (TPSA) is 21.3 Å². The second-order valence-corrected chi connectivity index (χ2v) is 5.00. The third-order valence-corrected chi connectivity index (χ3v) is 3.47. The molecule has 0 radical (unpaired) electrons. The Kier molecular flexibility index (Phi) is 4.26. The molecule has 0 saturated heterocycles. The molecule has 0 atom stereocenters. The number of hydrogen-bond donors (Lipinski definition) is 1. The molecule has 1 N–H and O–H groups in total. The van der Waals surface area contributed by atoms with Crippen LogP contribution in [0.1, 0.15) is 11.1 Å². The van der Waals surface area contributed by atoms with Crippen molar-refractivity contribution in [1.82, 2.24) is 0 Å². The molecule has 0 fully saturated rings. The molecule has 0 unspecified atom stereocenters. The van der Waals surface area contributed by atoms with Crippen LogP contribution in [0, 0.1) is 6.92 Å². The zero-order chi connectivity index (χ0) is 13.0. The van der Waals surface area contributed by atoms with Gasteiger partial charge in [-0.1, -0.05) is 29.8 Å². The summed E-state index contributed by atoms with van der Waals surface area (Å²) in [6.07, 6.45) is 0. The van der Waals surface area contributed by atoms with Crippen LogP contribution in [0.25, 0.3) is 0 Å². The van der Waals surface area contributed by atoms with Gasteiger partial charge in [-0.3, -0.25) is 0 Å². The van der Waals surface area contributed by atoms with Gasteiger partial charge in [-0.15, -0.1) is 0 Å². The lowest BCUT2D eigenvalue weighted by atomic mass is 10.1. The van der Waals surface area contributed by atoms with E-state index in [1.165, 1.54) is 5.56 Å². The lowest BCUT2D eigenvalue weighted by molar-refractivity contribution is 0.410. The highest BCUT2D eigenvalue weighted by molar-refractivity contribution is 9.10. The number of aryl methyl sites for hydroxylation is 1. The van der Waals surface area contributed by atoms with Crippen LogP contribution in [0.4, 0.5) is 5.69 Å². The summed E-state index contributed by atoms with van der Waals surface area (Å²) in [6.45, 7) is 2.83. The van der Waals surface area contributed by atoms with E-state index < -0.39 is 0 Å². The maximum Gasteiger partial charge on any atom is 0.123 e. The molecular formula is C15H16BrNO. The van der Waals surface area contributed by atoms with Gasteiger partial charge in [0, 0.05) is 22.3 Å². The molecule has 3 heteroatoms. The lowest BCUT2D eigenvalue weighted by Crippen LogP contribution is -2.02. The van der Waals surface area contributed by atoms with Crippen LogP contribution in [0.2, 0.25) is 0 Å². The van der Waals surface area contributed by atoms with Gasteiger partial charge < -0.3 is 10.1 Å². The molecular weight excluding hydrogens is 290 g/mol. The van der Waals surface area contributed by atoms with Crippen molar-refractivity contribution < 1.29 is 4.74 Å². The minimum absolute atomic E-state index is 0.744. The van der Waals surface area contributed by atoms with Crippen molar-refractivity contribution >= 4 is 21.6 Å². The molecule has 0 aromatic heterocycles. The Bertz CT molecular complexity index is 540. The molecule has 2 nitrogen and oxygen atoms in total. The highest BCUT2D eigenvalue weighted by Gasteiger charge is 2.04. The van der Waals surface area contributed by atoms with E-state index in [9.17, 15) is 0 Å². The molecule has 0 heterocycles. The first-order chi connectivity index (χ1) is 8.70. The van der Waals surface area contributed by atoms with Gasteiger partial charge in [0.05, 0.1) is 7.11 Å². The first-order valence-corrected chi connectivity index (χ1v) is 6.62. The molecule has 0 amide bonds. The zero-order valence-electron chi connectivity index (χ0n) is 10.5. The van der Waals surface area contributed by atoms with Gasteiger partial charge >= 0.3 is 0 Å². The fourth-order valence-corrected chi connectivity index (χ4v) is 2.27. The van der Waals surface area contributed by atoms with E-state index in [-0.39, 0.29) is 0 Å². The fourth-order valence-electron chi connectivity index (χ4n) is 1.84. The monoisotopic (exact) mass is 305 g/mol. The summed E-state index contributed by atoms with van der Waals surface area (Å²) < 4.78 is 6.43. The first-order valence-electron chi connectivity index (χ1n) is 5.82. The van der Waals surface area contributed by atoms with Crippen LogP contribution in [0.15, 0.2) is 46.9 Å². The van der Waals surface area contributed by atoms with Crippen LogP contribution in [-0.2, 0) is 6.54 Å². The van der Waals surface area contributed by atoms with Gasteiger partial charge in [0.2, 0.25) is 0 Å². The standard InChI is InChI=1S/C15H16BrNO/c1-11-7-8-15(18-2)12(9-11)10-17-14-6-4-3-5-13(14)16/h3-9,17H,10H2,1-2H3. The minimum Gasteiger partial charge on any atom is -0.496 e. The Morgan fingerprint density at radius 2 is 1.94 bits per heavy atom. The van der Waals surface area contributed by atoms with Gasteiger partial charge in [-0.25, -0.2) is 0 Å².